The maximum Gasteiger partial charge on any atom is 2.00 e. The van der Waals surface area contributed by atoms with Crippen LogP contribution in [0.4, 0.5) is 0 Å². The number of phenols is 3. The van der Waals surface area contributed by atoms with Crippen molar-refractivity contribution in [1.82, 2.24) is 15.0 Å². The predicted molar refractivity (Wildman–Crippen MR) is 199 cm³/mol. The summed E-state index contributed by atoms with van der Waals surface area (Å²) in [5.74, 6) is 0.555. The minimum absolute atomic E-state index is 0. The zero-order valence-corrected chi connectivity index (χ0v) is 25.9. The fourth-order valence-corrected chi connectivity index (χ4v) is 5.94. The first-order valence-electron chi connectivity index (χ1n) is 15.0. The summed E-state index contributed by atoms with van der Waals surface area (Å²) in [6.07, 6.45) is 0. The van der Waals surface area contributed by atoms with E-state index < -0.39 is 0 Å². The number of rotatable bonds is 0. The Morgan fingerprint density at radius 1 is 0.347 bits per heavy atom. The first-order valence-corrected chi connectivity index (χ1v) is 15.0. The number of aromatic nitrogens is 3. The molecule has 0 fully saturated rings. The van der Waals surface area contributed by atoms with Crippen molar-refractivity contribution < 1.29 is 18.2 Å². The Labute approximate surface area is 283 Å². The average Bonchev–Trinajstić information content (AvgIpc) is 3.08. The molecule has 3 heterocycles. The predicted octanol–water partition coefficient (Wildman–Crippen LogP) is 7.00. The van der Waals surface area contributed by atoms with Crippen LogP contribution in [0.15, 0.2) is 142 Å². The molecular weight excluding hydrogens is 615 g/mol. The van der Waals surface area contributed by atoms with Crippen molar-refractivity contribution in [2.75, 3.05) is 0 Å². The number of benzene rings is 6. The van der Waals surface area contributed by atoms with Crippen molar-refractivity contribution in [3.63, 3.8) is 0 Å². The summed E-state index contributed by atoms with van der Waals surface area (Å²) in [6.45, 7) is 0. The Morgan fingerprint density at radius 3 is 0.878 bits per heavy atom. The molecule has 0 atom stereocenters. The van der Waals surface area contributed by atoms with Gasteiger partial charge in [0.05, 0.1) is 16.6 Å². The zero-order valence-electron chi connectivity index (χ0n) is 27.9. The van der Waals surface area contributed by atoms with Crippen molar-refractivity contribution in [3.8, 4) is 17.2 Å². The first kappa shape index (κ1) is 32.2. The number of H-pyrrole nitrogens is 3. The molecular formula is C39H29BeN3O6. The molecule has 49 heavy (non-hydrogen) atoms. The Bertz CT molecular complexity index is 2560. The minimum atomic E-state index is -0.164. The van der Waals surface area contributed by atoms with Crippen molar-refractivity contribution in [2.45, 2.75) is 0 Å². The second-order valence-electron chi connectivity index (χ2n) is 11.2. The molecule has 0 aliphatic carbocycles. The largest absolute Gasteiger partial charge is 2.00 e. The van der Waals surface area contributed by atoms with E-state index in [2.05, 4.69) is 15.0 Å². The summed E-state index contributed by atoms with van der Waals surface area (Å²) in [4.78, 5) is 42.2. The summed E-state index contributed by atoms with van der Waals surface area (Å²) in [5.41, 5.74) is 1.56. The normalized spacial score (nSPS) is 10.8. The van der Waals surface area contributed by atoms with Gasteiger partial charge in [-0.05, 0) is 68.7 Å². The third-order valence-corrected chi connectivity index (χ3v) is 8.15. The van der Waals surface area contributed by atoms with Crippen LogP contribution < -0.4 is 16.7 Å². The van der Waals surface area contributed by atoms with Crippen LogP contribution in [0.3, 0.4) is 0 Å². The maximum atomic E-state index is 11.3. The van der Waals surface area contributed by atoms with E-state index in [4.69, 9.17) is 0 Å². The van der Waals surface area contributed by atoms with Crippen LogP contribution in [0.1, 0.15) is 2.85 Å². The molecule has 9 rings (SSSR count). The van der Waals surface area contributed by atoms with Crippen LogP contribution in [0.25, 0.3) is 65.0 Å². The van der Waals surface area contributed by atoms with Gasteiger partial charge in [0.1, 0.15) is 17.2 Å². The summed E-state index contributed by atoms with van der Waals surface area (Å²) >= 11 is 0. The van der Waals surface area contributed by atoms with Gasteiger partial charge in [-0.15, -0.1) is 0 Å². The second kappa shape index (κ2) is 13.2. The number of nitrogens with one attached hydrogen (secondary N) is 3. The van der Waals surface area contributed by atoms with Gasteiger partial charge in [0, 0.05) is 34.4 Å². The van der Waals surface area contributed by atoms with Crippen molar-refractivity contribution >= 4 is 75.1 Å². The van der Waals surface area contributed by atoms with Crippen molar-refractivity contribution in [3.05, 3.63) is 158 Å². The van der Waals surface area contributed by atoms with Crippen LogP contribution in [0.2, 0.25) is 0 Å². The molecule has 0 aliphatic rings. The molecule has 0 spiro atoms. The molecule has 0 amide bonds. The van der Waals surface area contributed by atoms with E-state index in [1.807, 2.05) is 54.6 Å². The van der Waals surface area contributed by atoms with E-state index in [0.29, 0.717) is 32.7 Å². The van der Waals surface area contributed by atoms with Crippen LogP contribution >= 0.6 is 0 Å². The number of pyridine rings is 3. The molecule has 0 aliphatic heterocycles. The smallest absolute Gasteiger partial charge is 1.00 e. The Kier molecular flexibility index (Phi) is 8.68. The van der Waals surface area contributed by atoms with E-state index in [0.717, 1.165) is 32.3 Å². The average molecular weight is 645 g/mol. The van der Waals surface area contributed by atoms with Gasteiger partial charge in [-0.25, -0.2) is 0 Å². The van der Waals surface area contributed by atoms with Gasteiger partial charge in [0.15, 0.2) is 0 Å². The molecule has 10 heteroatoms. The standard InChI is InChI=1S/3C13H9NO2.Be.2H/c3*15-10-3-1-2-8-4-5-9-6-7-11(16)14-13(9)12(8)10;;;/h3*1-7,15H,(H,14,16);;;/q;;;+2;2*-1. The third-order valence-electron chi connectivity index (χ3n) is 8.15. The summed E-state index contributed by atoms with van der Waals surface area (Å²) < 4.78 is 0. The molecule has 9 aromatic rings. The fourth-order valence-electron chi connectivity index (χ4n) is 5.94. The van der Waals surface area contributed by atoms with E-state index in [1.54, 1.807) is 54.6 Å². The van der Waals surface area contributed by atoms with Crippen LogP contribution in [0.5, 0.6) is 17.2 Å². The zero-order chi connectivity index (χ0) is 33.4. The monoisotopic (exact) mass is 644 g/mol. The van der Waals surface area contributed by atoms with Gasteiger partial charge >= 0.3 is 10.1 Å². The fraction of sp³-hybridized carbons (Fsp3) is 0. The minimum Gasteiger partial charge on any atom is -1.00 e. The summed E-state index contributed by atoms with van der Waals surface area (Å²) in [5, 5.41) is 37.1. The van der Waals surface area contributed by atoms with Crippen molar-refractivity contribution in [1.29, 1.82) is 0 Å². The van der Waals surface area contributed by atoms with Crippen LogP contribution in [0, 0.1) is 0 Å². The van der Waals surface area contributed by atoms with E-state index in [9.17, 15) is 29.7 Å². The van der Waals surface area contributed by atoms with E-state index in [1.165, 1.54) is 18.2 Å². The SMILES string of the molecule is O=c1ccc2ccc3cccc(O)c3c2[nH]1.O=c1ccc2ccc3cccc(O)c3c2[nH]1.O=c1ccc2ccc3cccc(O)c3c2[nH]1.[Be+2].[H-].[H-]. The molecule has 238 valence electrons. The third kappa shape index (κ3) is 6.22. The van der Waals surface area contributed by atoms with Crippen LogP contribution in [-0.4, -0.2) is 40.4 Å². The molecule has 6 N–H and O–H groups in total. The van der Waals surface area contributed by atoms with Gasteiger partial charge in [-0.2, -0.15) is 0 Å². The van der Waals surface area contributed by atoms with Gasteiger partial charge in [0.2, 0.25) is 16.7 Å². The molecule has 0 saturated carbocycles. The Balaban J connectivity index is 0.000000167. The van der Waals surface area contributed by atoms with Gasteiger partial charge in [0.25, 0.3) is 0 Å². The molecule has 6 aromatic carbocycles. The van der Waals surface area contributed by atoms with Gasteiger partial charge < -0.3 is 33.1 Å². The topological polar surface area (TPSA) is 159 Å². The summed E-state index contributed by atoms with van der Waals surface area (Å²) in [6, 6.07) is 37.1. The number of fused-ring (bicyclic) bond motifs is 9. The number of aromatic hydroxyl groups is 3. The number of aromatic amines is 3. The van der Waals surface area contributed by atoms with Crippen LogP contribution in [-0.2, 0) is 0 Å². The summed E-state index contributed by atoms with van der Waals surface area (Å²) in [7, 11) is 0. The van der Waals surface area contributed by atoms with Gasteiger partial charge in [-0.1, -0.05) is 72.8 Å². The molecule has 0 radical (unpaired) electrons. The van der Waals surface area contributed by atoms with Crippen molar-refractivity contribution in [2.24, 2.45) is 0 Å². The number of phenolic OH excluding ortho intramolecular Hbond substituents is 3. The van der Waals surface area contributed by atoms with E-state index >= 15 is 0 Å². The number of hydrogen-bond donors (Lipinski definition) is 6. The maximum absolute atomic E-state index is 11.3. The second-order valence-corrected chi connectivity index (χ2v) is 11.2. The molecule has 0 unspecified atom stereocenters. The Hall–Kier alpha value is -6.70. The molecule has 3 aromatic heterocycles. The molecule has 0 saturated heterocycles. The van der Waals surface area contributed by atoms with Gasteiger partial charge in [-0.3, -0.25) is 14.4 Å². The first-order chi connectivity index (χ1) is 23.3. The quantitative estimate of drug-likeness (QED) is 0.0770. The Morgan fingerprint density at radius 2 is 0.592 bits per heavy atom. The van der Waals surface area contributed by atoms with E-state index in [-0.39, 0.29) is 46.9 Å². The number of hydrogen-bond acceptors (Lipinski definition) is 6. The molecule has 9 nitrogen and oxygen atoms in total. The molecule has 0 bridgehead atoms.